The van der Waals surface area contributed by atoms with Crippen molar-refractivity contribution in [2.45, 2.75) is 13.5 Å². The molecular formula is C19H14ClF3N2O3. The lowest BCUT2D eigenvalue weighted by Gasteiger charge is -2.14. The van der Waals surface area contributed by atoms with Crippen LogP contribution in [-0.2, 0) is 4.79 Å². The Labute approximate surface area is 163 Å². The summed E-state index contributed by atoms with van der Waals surface area (Å²) < 4.78 is 48.5. The molecular weight excluding hydrogens is 397 g/mol. The summed E-state index contributed by atoms with van der Waals surface area (Å²) in [5.41, 5.74) is -0.187. The lowest BCUT2D eigenvalue weighted by atomic mass is 10.1. The number of carbonyl (C=O) groups excluding carboxylic acids is 1. The molecule has 1 amide bonds. The summed E-state index contributed by atoms with van der Waals surface area (Å²) in [4.78, 5) is 12.3. The van der Waals surface area contributed by atoms with Gasteiger partial charge < -0.3 is 14.8 Å². The summed E-state index contributed by atoms with van der Waals surface area (Å²) in [6, 6.07) is 9.48. The predicted molar refractivity (Wildman–Crippen MR) is 97.9 cm³/mol. The minimum absolute atomic E-state index is 0.0413. The first-order chi connectivity index (χ1) is 13.3. The van der Waals surface area contributed by atoms with E-state index in [2.05, 4.69) is 10.1 Å². The van der Waals surface area contributed by atoms with Crippen molar-refractivity contribution in [3.05, 3.63) is 58.4 Å². The van der Waals surface area contributed by atoms with Gasteiger partial charge in [0.25, 0.3) is 5.91 Å². The Morgan fingerprint density at radius 3 is 2.71 bits per heavy atom. The molecule has 0 fully saturated rings. The second-order valence-electron chi connectivity index (χ2n) is 5.24. The van der Waals surface area contributed by atoms with Crippen LogP contribution in [0.4, 0.5) is 18.9 Å². The van der Waals surface area contributed by atoms with Crippen LogP contribution in [0.3, 0.4) is 0 Å². The number of hydrogen-bond acceptors (Lipinski definition) is 4. The Balaban J connectivity index is 2.37. The summed E-state index contributed by atoms with van der Waals surface area (Å²) in [6.45, 7) is -1.27. The van der Waals surface area contributed by atoms with Gasteiger partial charge in [0.05, 0.1) is 11.6 Å². The zero-order chi connectivity index (χ0) is 20.7. The summed E-state index contributed by atoms with van der Waals surface area (Å²) >= 11 is 5.65. The smallest absolute Gasteiger partial charge is 0.387 e. The number of halogens is 4. The van der Waals surface area contributed by atoms with E-state index in [1.54, 1.807) is 13.0 Å². The number of alkyl halides is 2. The summed E-state index contributed by atoms with van der Waals surface area (Å²) in [5, 5.41) is 11.5. The molecule has 0 aromatic heterocycles. The molecule has 2 aromatic rings. The number of hydrogen-bond donors (Lipinski definition) is 1. The maximum absolute atomic E-state index is 13.2. The third kappa shape index (κ3) is 5.41. The minimum Gasteiger partial charge on any atom is -0.490 e. The molecule has 0 heterocycles. The van der Waals surface area contributed by atoms with Gasteiger partial charge in [-0.15, -0.1) is 0 Å². The Bertz CT molecular complexity index is 943. The molecule has 0 radical (unpaired) electrons. The van der Waals surface area contributed by atoms with Crippen LogP contribution in [0.15, 0.2) is 42.0 Å². The first-order valence-electron chi connectivity index (χ1n) is 7.94. The number of anilines is 1. The highest BCUT2D eigenvalue weighted by molar-refractivity contribution is 6.31. The predicted octanol–water partition coefficient (Wildman–Crippen LogP) is 5.02. The lowest BCUT2D eigenvalue weighted by Crippen LogP contribution is -2.13. The molecule has 0 unspecified atom stereocenters. The van der Waals surface area contributed by atoms with Gasteiger partial charge in [0, 0.05) is 11.3 Å². The molecule has 0 saturated carbocycles. The Morgan fingerprint density at radius 1 is 1.36 bits per heavy atom. The molecule has 9 heteroatoms. The SMILES string of the molecule is CCOc1cccc(/C=C(\C#N)C(=O)Nc2ccc(F)c(Cl)c2)c1OC(F)F. The number of nitrogens with one attached hydrogen (secondary N) is 1. The Morgan fingerprint density at radius 2 is 2.11 bits per heavy atom. The first kappa shape index (κ1) is 21.1. The minimum atomic E-state index is -3.13. The molecule has 146 valence electrons. The number of carbonyl (C=O) groups is 1. The zero-order valence-corrected chi connectivity index (χ0v) is 15.3. The van der Waals surface area contributed by atoms with Crippen LogP contribution in [0.25, 0.3) is 6.08 Å². The number of benzene rings is 2. The van der Waals surface area contributed by atoms with E-state index in [1.807, 2.05) is 0 Å². The number of ether oxygens (including phenoxy) is 2. The average Bonchev–Trinajstić information content (AvgIpc) is 2.64. The maximum atomic E-state index is 13.2. The lowest BCUT2D eigenvalue weighted by molar-refractivity contribution is -0.112. The molecule has 0 aliphatic rings. The fourth-order valence-corrected chi connectivity index (χ4v) is 2.39. The first-order valence-corrected chi connectivity index (χ1v) is 8.32. The van der Waals surface area contributed by atoms with Crippen molar-refractivity contribution in [1.29, 1.82) is 5.26 Å². The van der Waals surface area contributed by atoms with Gasteiger partial charge in [-0.2, -0.15) is 14.0 Å². The quantitative estimate of drug-likeness (QED) is 0.513. The van der Waals surface area contributed by atoms with Crippen LogP contribution in [0.2, 0.25) is 5.02 Å². The number of amides is 1. The van der Waals surface area contributed by atoms with Crippen molar-refractivity contribution in [2.75, 3.05) is 11.9 Å². The van der Waals surface area contributed by atoms with Crippen LogP contribution in [0, 0.1) is 17.1 Å². The average molecular weight is 411 g/mol. The van der Waals surface area contributed by atoms with Crippen LogP contribution < -0.4 is 14.8 Å². The second-order valence-corrected chi connectivity index (χ2v) is 5.65. The highest BCUT2D eigenvalue weighted by Gasteiger charge is 2.17. The van der Waals surface area contributed by atoms with E-state index < -0.39 is 23.9 Å². The fraction of sp³-hybridized carbons (Fsp3) is 0.158. The molecule has 5 nitrogen and oxygen atoms in total. The molecule has 0 spiro atoms. The molecule has 0 saturated heterocycles. The fourth-order valence-electron chi connectivity index (χ4n) is 2.21. The van der Waals surface area contributed by atoms with E-state index in [0.717, 1.165) is 12.1 Å². The van der Waals surface area contributed by atoms with Crippen molar-refractivity contribution < 1.29 is 27.4 Å². The number of para-hydroxylation sites is 1. The van der Waals surface area contributed by atoms with Gasteiger partial charge in [-0.05, 0) is 37.3 Å². The van der Waals surface area contributed by atoms with E-state index in [0.29, 0.717) is 0 Å². The second kappa shape index (κ2) is 9.67. The maximum Gasteiger partial charge on any atom is 0.387 e. The largest absolute Gasteiger partial charge is 0.490 e. The van der Waals surface area contributed by atoms with Gasteiger partial charge in [0.15, 0.2) is 11.5 Å². The molecule has 0 bridgehead atoms. The van der Waals surface area contributed by atoms with E-state index in [9.17, 15) is 23.2 Å². The highest BCUT2D eigenvalue weighted by atomic mass is 35.5. The third-order valence-electron chi connectivity index (χ3n) is 3.36. The summed E-state index contributed by atoms with van der Waals surface area (Å²) in [7, 11) is 0. The molecule has 0 aliphatic heterocycles. The Hall–Kier alpha value is -3.18. The topological polar surface area (TPSA) is 71.3 Å². The van der Waals surface area contributed by atoms with E-state index in [4.69, 9.17) is 16.3 Å². The van der Waals surface area contributed by atoms with E-state index >= 15 is 0 Å². The highest BCUT2D eigenvalue weighted by Crippen LogP contribution is 2.34. The normalized spacial score (nSPS) is 11.1. The van der Waals surface area contributed by atoms with Crippen LogP contribution in [0.5, 0.6) is 11.5 Å². The van der Waals surface area contributed by atoms with Gasteiger partial charge in [-0.3, -0.25) is 4.79 Å². The van der Waals surface area contributed by atoms with Gasteiger partial charge >= 0.3 is 6.61 Å². The summed E-state index contributed by atoms with van der Waals surface area (Å²) in [5.74, 6) is -1.77. The number of nitrogens with zero attached hydrogens (tertiary/aromatic N) is 1. The van der Waals surface area contributed by atoms with Crippen molar-refractivity contribution >= 4 is 29.3 Å². The van der Waals surface area contributed by atoms with Crippen molar-refractivity contribution in [1.82, 2.24) is 0 Å². The molecule has 28 heavy (non-hydrogen) atoms. The van der Waals surface area contributed by atoms with Gasteiger partial charge in [0.2, 0.25) is 0 Å². The van der Waals surface area contributed by atoms with Gasteiger partial charge in [-0.25, -0.2) is 4.39 Å². The molecule has 0 aliphatic carbocycles. The van der Waals surface area contributed by atoms with Crippen LogP contribution in [-0.4, -0.2) is 19.1 Å². The standard InChI is InChI=1S/C19H14ClF3N2O3/c1-2-27-16-5-3-4-11(17(16)28-19(22)23)8-12(10-24)18(26)25-13-6-7-15(21)14(20)9-13/h3-9,19H,2H2,1H3,(H,25,26)/b12-8+. The van der Waals surface area contributed by atoms with Gasteiger partial charge in [0.1, 0.15) is 17.5 Å². The molecule has 0 atom stereocenters. The van der Waals surface area contributed by atoms with Gasteiger partial charge in [-0.1, -0.05) is 23.7 Å². The molecule has 2 aromatic carbocycles. The van der Waals surface area contributed by atoms with E-state index in [1.165, 1.54) is 30.3 Å². The molecule has 2 rings (SSSR count). The van der Waals surface area contributed by atoms with Crippen molar-refractivity contribution in [3.63, 3.8) is 0 Å². The number of rotatable bonds is 7. The van der Waals surface area contributed by atoms with Crippen molar-refractivity contribution in [2.24, 2.45) is 0 Å². The monoisotopic (exact) mass is 410 g/mol. The van der Waals surface area contributed by atoms with Crippen LogP contribution in [0.1, 0.15) is 12.5 Å². The van der Waals surface area contributed by atoms with Crippen LogP contribution >= 0.6 is 11.6 Å². The van der Waals surface area contributed by atoms with Crippen molar-refractivity contribution in [3.8, 4) is 17.6 Å². The third-order valence-corrected chi connectivity index (χ3v) is 3.65. The molecule has 1 N–H and O–H groups in total. The zero-order valence-electron chi connectivity index (χ0n) is 14.5. The Kier molecular flexibility index (Phi) is 7.29. The summed E-state index contributed by atoms with van der Waals surface area (Å²) in [6.07, 6.45) is 1.08. The number of nitriles is 1. The van der Waals surface area contributed by atoms with E-state index in [-0.39, 0.29) is 34.4 Å².